The number of carbonyl (C=O) groups excluding carboxylic acids is 1. The Labute approximate surface area is 106 Å². The number of amides is 1. The summed E-state index contributed by atoms with van der Waals surface area (Å²) in [7, 11) is 0. The van der Waals surface area contributed by atoms with Crippen LogP contribution in [0.15, 0.2) is 18.5 Å². The molecule has 0 aliphatic carbocycles. The van der Waals surface area contributed by atoms with Gasteiger partial charge in [-0.15, -0.1) is 0 Å². The van der Waals surface area contributed by atoms with E-state index in [4.69, 9.17) is 5.11 Å². The van der Waals surface area contributed by atoms with Crippen LogP contribution >= 0.6 is 0 Å². The van der Waals surface area contributed by atoms with E-state index in [0.717, 1.165) is 0 Å². The Bertz CT molecular complexity index is 420. The van der Waals surface area contributed by atoms with Gasteiger partial charge in [-0.05, 0) is 18.4 Å². The maximum atomic E-state index is 12.0. The van der Waals surface area contributed by atoms with Crippen LogP contribution in [0.1, 0.15) is 33.7 Å². The number of carboxylic acid groups (broad SMARTS) is 1. The van der Waals surface area contributed by atoms with Gasteiger partial charge in [0.25, 0.3) is 0 Å². The second-order valence-electron chi connectivity index (χ2n) is 5.31. The van der Waals surface area contributed by atoms with E-state index < -0.39 is 23.5 Å². The van der Waals surface area contributed by atoms with Crippen molar-refractivity contribution in [2.24, 2.45) is 5.41 Å². The molecular weight excluding hydrogens is 234 g/mol. The third-order valence-electron chi connectivity index (χ3n) is 2.70. The maximum absolute atomic E-state index is 12.0. The van der Waals surface area contributed by atoms with Crippen LogP contribution in [0.4, 0.5) is 0 Å². The summed E-state index contributed by atoms with van der Waals surface area (Å²) in [6, 6.07) is 0.245. The highest BCUT2D eigenvalue weighted by atomic mass is 16.4. The van der Waals surface area contributed by atoms with E-state index in [0.29, 0.717) is 0 Å². The van der Waals surface area contributed by atoms with E-state index in [2.05, 4.69) is 10.4 Å². The summed E-state index contributed by atoms with van der Waals surface area (Å²) >= 11 is 0. The predicted molar refractivity (Wildman–Crippen MR) is 66.0 cm³/mol. The van der Waals surface area contributed by atoms with Gasteiger partial charge in [-0.1, -0.05) is 20.8 Å². The molecule has 0 saturated heterocycles. The Hall–Kier alpha value is -1.85. The average Bonchev–Trinajstić information content (AvgIpc) is 2.75. The molecule has 2 atom stereocenters. The zero-order valence-electron chi connectivity index (χ0n) is 11.0. The van der Waals surface area contributed by atoms with Crippen LogP contribution in [0.5, 0.6) is 0 Å². The van der Waals surface area contributed by atoms with Gasteiger partial charge in [-0.3, -0.25) is 9.48 Å². The minimum Gasteiger partial charge on any atom is -0.480 e. The van der Waals surface area contributed by atoms with Crippen molar-refractivity contribution in [3.63, 3.8) is 0 Å². The van der Waals surface area contributed by atoms with Crippen molar-refractivity contribution in [1.82, 2.24) is 15.1 Å². The van der Waals surface area contributed by atoms with Crippen molar-refractivity contribution in [3.05, 3.63) is 18.5 Å². The van der Waals surface area contributed by atoms with Gasteiger partial charge in [0.2, 0.25) is 5.91 Å². The minimum absolute atomic E-state index is 0.360. The molecule has 0 aliphatic rings. The van der Waals surface area contributed by atoms with Gasteiger partial charge in [0.05, 0.1) is 0 Å². The number of rotatable bonds is 4. The van der Waals surface area contributed by atoms with Gasteiger partial charge < -0.3 is 10.4 Å². The first-order valence-corrected chi connectivity index (χ1v) is 5.76. The lowest BCUT2D eigenvalue weighted by Gasteiger charge is -2.28. The summed E-state index contributed by atoms with van der Waals surface area (Å²) in [5.74, 6) is -1.40. The lowest BCUT2D eigenvalue weighted by atomic mass is 9.86. The fourth-order valence-electron chi connectivity index (χ4n) is 1.54. The van der Waals surface area contributed by atoms with Crippen LogP contribution < -0.4 is 5.32 Å². The molecular formula is C12H19N3O3. The smallest absolute Gasteiger partial charge is 0.326 e. The molecule has 0 saturated carbocycles. The molecule has 1 unspecified atom stereocenters. The molecule has 0 radical (unpaired) electrons. The normalized spacial score (nSPS) is 14.9. The lowest BCUT2D eigenvalue weighted by Crippen LogP contribution is -2.50. The van der Waals surface area contributed by atoms with Gasteiger partial charge in [0.15, 0.2) is 0 Å². The molecule has 100 valence electrons. The maximum Gasteiger partial charge on any atom is 0.326 e. The molecule has 1 heterocycles. The average molecular weight is 253 g/mol. The van der Waals surface area contributed by atoms with Crippen molar-refractivity contribution in [1.29, 1.82) is 0 Å². The second-order valence-corrected chi connectivity index (χ2v) is 5.31. The van der Waals surface area contributed by atoms with Gasteiger partial charge in [0.1, 0.15) is 12.1 Å². The molecule has 0 fully saturated rings. The largest absolute Gasteiger partial charge is 0.480 e. The molecule has 0 spiro atoms. The number of aromatic nitrogens is 2. The van der Waals surface area contributed by atoms with Crippen LogP contribution in [0, 0.1) is 5.41 Å². The quantitative estimate of drug-likeness (QED) is 0.840. The van der Waals surface area contributed by atoms with Crippen molar-refractivity contribution in [3.8, 4) is 0 Å². The third kappa shape index (κ3) is 3.32. The number of hydrogen-bond donors (Lipinski definition) is 2. The van der Waals surface area contributed by atoms with E-state index >= 15 is 0 Å². The van der Waals surface area contributed by atoms with Crippen molar-refractivity contribution in [2.45, 2.75) is 39.8 Å². The Balaban J connectivity index is 2.77. The molecule has 0 aromatic carbocycles. The highest BCUT2D eigenvalue weighted by Crippen LogP contribution is 2.20. The van der Waals surface area contributed by atoms with Crippen LogP contribution in [0.3, 0.4) is 0 Å². The summed E-state index contributed by atoms with van der Waals surface area (Å²) in [6.45, 7) is 6.98. The Morgan fingerprint density at radius 3 is 2.39 bits per heavy atom. The molecule has 1 rings (SSSR count). The highest BCUT2D eigenvalue weighted by molar-refractivity contribution is 5.86. The summed E-state index contributed by atoms with van der Waals surface area (Å²) in [5, 5.41) is 15.6. The Morgan fingerprint density at radius 1 is 1.39 bits per heavy atom. The first-order chi connectivity index (χ1) is 8.23. The van der Waals surface area contributed by atoms with Crippen molar-refractivity contribution in [2.75, 3.05) is 0 Å². The molecule has 0 bridgehead atoms. The number of aliphatic carboxylic acids is 1. The first-order valence-electron chi connectivity index (χ1n) is 5.76. The van der Waals surface area contributed by atoms with Crippen LogP contribution in [-0.4, -0.2) is 32.8 Å². The molecule has 2 N–H and O–H groups in total. The summed E-state index contributed by atoms with van der Waals surface area (Å²) in [4.78, 5) is 23.1. The van der Waals surface area contributed by atoms with Gasteiger partial charge in [-0.25, -0.2) is 4.79 Å². The zero-order chi connectivity index (χ0) is 13.9. The Morgan fingerprint density at radius 2 is 2.00 bits per heavy atom. The summed E-state index contributed by atoms with van der Waals surface area (Å²) in [6.07, 6.45) is 3.24. The fraction of sp³-hybridized carbons (Fsp3) is 0.583. The SMILES string of the molecule is CC(C(=O)N[C@H](C(=O)O)C(C)(C)C)n1cccn1. The summed E-state index contributed by atoms with van der Waals surface area (Å²) < 4.78 is 1.48. The van der Waals surface area contributed by atoms with Crippen LogP contribution in [0.25, 0.3) is 0 Å². The highest BCUT2D eigenvalue weighted by Gasteiger charge is 2.33. The lowest BCUT2D eigenvalue weighted by molar-refractivity contribution is -0.145. The molecule has 6 nitrogen and oxygen atoms in total. The predicted octanol–water partition coefficient (Wildman–Crippen LogP) is 1.06. The monoisotopic (exact) mass is 253 g/mol. The third-order valence-corrected chi connectivity index (χ3v) is 2.70. The molecule has 1 aromatic rings. The Kier molecular flexibility index (Phi) is 4.11. The van der Waals surface area contributed by atoms with E-state index in [1.165, 1.54) is 4.68 Å². The van der Waals surface area contributed by atoms with Crippen LogP contribution in [0.2, 0.25) is 0 Å². The first kappa shape index (κ1) is 14.2. The second kappa shape index (κ2) is 5.20. The molecule has 1 amide bonds. The number of carbonyl (C=O) groups is 2. The molecule has 1 aromatic heterocycles. The number of nitrogens with one attached hydrogen (secondary N) is 1. The van der Waals surface area contributed by atoms with E-state index in [1.54, 1.807) is 46.2 Å². The van der Waals surface area contributed by atoms with Crippen LogP contribution in [-0.2, 0) is 9.59 Å². The van der Waals surface area contributed by atoms with E-state index in [-0.39, 0.29) is 5.91 Å². The van der Waals surface area contributed by atoms with E-state index in [9.17, 15) is 9.59 Å². The molecule has 18 heavy (non-hydrogen) atoms. The number of carboxylic acids is 1. The van der Waals surface area contributed by atoms with Crippen molar-refractivity contribution >= 4 is 11.9 Å². The minimum atomic E-state index is -1.04. The summed E-state index contributed by atoms with van der Waals surface area (Å²) in [5.41, 5.74) is -0.550. The van der Waals surface area contributed by atoms with Gasteiger partial charge in [-0.2, -0.15) is 5.10 Å². The zero-order valence-corrected chi connectivity index (χ0v) is 11.0. The number of hydrogen-bond acceptors (Lipinski definition) is 3. The standard InChI is InChI=1S/C12H19N3O3/c1-8(15-7-5-6-13-15)10(16)14-9(11(17)18)12(2,3)4/h5-9H,1-4H3,(H,14,16)(H,17,18)/t8?,9-/m1/s1. The molecule has 0 aliphatic heterocycles. The topological polar surface area (TPSA) is 84.2 Å². The molecule has 6 heteroatoms. The van der Waals surface area contributed by atoms with E-state index in [1.807, 2.05) is 0 Å². The fourth-order valence-corrected chi connectivity index (χ4v) is 1.54. The number of nitrogens with zero attached hydrogens (tertiary/aromatic N) is 2. The van der Waals surface area contributed by atoms with Gasteiger partial charge >= 0.3 is 5.97 Å². The van der Waals surface area contributed by atoms with Gasteiger partial charge in [0, 0.05) is 12.4 Å². The van der Waals surface area contributed by atoms with Crippen molar-refractivity contribution < 1.29 is 14.7 Å².